The highest BCUT2D eigenvalue weighted by Crippen LogP contribution is 2.19. The quantitative estimate of drug-likeness (QED) is 0.846. The molecule has 0 aromatic carbocycles. The molecule has 0 saturated carbocycles. The predicted molar refractivity (Wildman–Crippen MR) is 67.5 cm³/mol. The number of ether oxygens (including phenoxy) is 1. The monoisotopic (exact) mass is 235 g/mol. The van der Waals surface area contributed by atoms with Gasteiger partial charge in [0.2, 0.25) is 0 Å². The van der Waals surface area contributed by atoms with Gasteiger partial charge in [0.25, 0.3) is 0 Å². The van der Waals surface area contributed by atoms with Gasteiger partial charge in [-0.2, -0.15) is 0 Å². The first-order valence-corrected chi connectivity index (χ1v) is 6.12. The van der Waals surface area contributed by atoms with E-state index < -0.39 is 0 Å². The summed E-state index contributed by atoms with van der Waals surface area (Å²) in [5.41, 5.74) is 7.52. The summed E-state index contributed by atoms with van der Waals surface area (Å²) in [6.45, 7) is 3.38. The van der Waals surface area contributed by atoms with E-state index in [1.165, 1.54) is 5.56 Å². The van der Waals surface area contributed by atoms with Crippen LogP contribution in [0.5, 0.6) is 0 Å². The lowest BCUT2D eigenvalue weighted by Crippen LogP contribution is -2.52. The van der Waals surface area contributed by atoms with Crippen molar-refractivity contribution in [3.05, 3.63) is 30.1 Å². The Hall–Kier alpha value is -0.970. The zero-order valence-corrected chi connectivity index (χ0v) is 10.4. The topological polar surface area (TPSA) is 51.4 Å². The fourth-order valence-corrected chi connectivity index (χ4v) is 2.33. The Morgan fingerprint density at radius 2 is 2.24 bits per heavy atom. The molecule has 2 heterocycles. The van der Waals surface area contributed by atoms with Gasteiger partial charge < -0.3 is 15.4 Å². The summed E-state index contributed by atoms with van der Waals surface area (Å²) in [5, 5.41) is 0. The van der Waals surface area contributed by atoms with Crippen LogP contribution in [0.3, 0.4) is 0 Å². The largest absolute Gasteiger partial charge is 0.381 e. The lowest BCUT2D eigenvalue weighted by Gasteiger charge is -2.36. The molecule has 94 valence electrons. The molecule has 1 fully saturated rings. The highest BCUT2D eigenvalue weighted by Gasteiger charge is 2.29. The molecule has 1 saturated heterocycles. The predicted octanol–water partition coefficient (Wildman–Crippen LogP) is 1.02. The van der Waals surface area contributed by atoms with Gasteiger partial charge in [-0.25, -0.2) is 0 Å². The second kappa shape index (κ2) is 5.58. The molecule has 0 aliphatic carbocycles. The van der Waals surface area contributed by atoms with Gasteiger partial charge >= 0.3 is 0 Å². The Morgan fingerprint density at radius 3 is 2.88 bits per heavy atom. The third-order valence-electron chi connectivity index (χ3n) is 3.25. The van der Waals surface area contributed by atoms with Crippen LogP contribution in [-0.2, 0) is 11.3 Å². The fourth-order valence-electron chi connectivity index (χ4n) is 2.33. The summed E-state index contributed by atoms with van der Waals surface area (Å²) in [4.78, 5) is 6.39. The molecule has 4 nitrogen and oxygen atoms in total. The minimum Gasteiger partial charge on any atom is -0.381 e. The van der Waals surface area contributed by atoms with Crippen LogP contribution in [-0.4, -0.2) is 42.2 Å². The molecular formula is C13H21N3O. The number of hydrogen-bond acceptors (Lipinski definition) is 4. The van der Waals surface area contributed by atoms with Crippen LogP contribution < -0.4 is 5.73 Å². The number of hydrogen-bond donors (Lipinski definition) is 1. The Balaban J connectivity index is 1.86. The molecule has 0 amide bonds. The van der Waals surface area contributed by atoms with Gasteiger partial charge in [0, 0.05) is 44.2 Å². The maximum absolute atomic E-state index is 6.38. The van der Waals surface area contributed by atoms with Crippen LogP contribution in [0.15, 0.2) is 24.5 Å². The standard InChI is InChI=1S/C13H21N3O/c1-16(10-12-3-2-6-15-9-12)11-13(14)4-7-17-8-5-13/h2-3,6,9H,4-5,7-8,10-11,14H2,1H3. The SMILES string of the molecule is CN(Cc1cccnc1)CC1(N)CCOCC1. The van der Waals surface area contributed by atoms with Gasteiger partial charge in [-0.3, -0.25) is 4.98 Å². The summed E-state index contributed by atoms with van der Waals surface area (Å²) in [6.07, 6.45) is 5.60. The minimum absolute atomic E-state index is 0.0881. The number of pyridine rings is 1. The first kappa shape index (κ1) is 12.5. The smallest absolute Gasteiger partial charge is 0.0484 e. The van der Waals surface area contributed by atoms with Gasteiger partial charge in [-0.05, 0) is 31.5 Å². The lowest BCUT2D eigenvalue weighted by atomic mass is 9.91. The van der Waals surface area contributed by atoms with Crippen molar-refractivity contribution < 1.29 is 4.74 Å². The molecule has 0 unspecified atom stereocenters. The molecule has 1 aromatic heterocycles. The third-order valence-corrected chi connectivity index (χ3v) is 3.25. The normalized spacial score (nSPS) is 19.5. The van der Waals surface area contributed by atoms with E-state index >= 15 is 0 Å². The molecule has 1 aliphatic rings. The molecule has 0 spiro atoms. The molecule has 1 aliphatic heterocycles. The summed E-state index contributed by atoms with van der Waals surface area (Å²) in [5.74, 6) is 0. The second-order valence-corrected chi connectivity index (χ2v) is 5.01. The van der Waals surface area contributed by atoms with Crippen molar-refractivity contribution in [3.63, 3.8) is 0 Å². The maximum atomic E-state index is 6.38. The Kier molecular flexibility index (Phi) is 4.10. The average molecular weight is 235 g/mol. The molecule has 17 heavy (non-hydrogen) atoms. The number of aromatic nitrogens is 1. The van der Waals surface area contributed by atoms with Gasteiger partial charge in [-0.15, -0.1) is 0 Å². The van der Waals surface area contributed by atoms with E-state index in [-0.39, 0.29) is 5.54 Å². The Bertz CT molecular complexity index is 336. The highest BCUT2D eigenvalue weighted by atomic mass is 16.5. The zero-order valence-electron chi connectivity index (χ0n) is 10.4. The van der Waals surface area contributed by atoms with Crippen molar-refractivity contribution in [1.82, 2.24) is 9.88 Å². The van der Waals surface area contributed by atoms with Crippen LogP contribution in [0.2, 0.25) is 0 Å². The molecule has 0 bridgehead atoms. The van der Waals surface area contributed by atoms with Crippen LogP contribution in [0.4, 0.5) is 0 Å². The number of likely N-dealkylation sites (N-methyl/N-ethyl adjacent to an activating group) is 1. The molecule has 0 atom stereocenters. The third kappa shape index (κ3) is 3.77. The second-order valence-electron chi connectivity index (χ2n) is 5.01. The van der Waals surface area contributed by atoms with E-state index in [9.17, 15) is 0 Å². The summed E-state index contributed by atoms with van der Waals surface area (Å²) < 4.78 is 5.36. The van der Waals surface area contributed by atoms with Gasteiger partial charge in [0.05, 0.1) is 0 Å². The van der Waals surface area contributed by atoms with Gasteiger partial charge in [0.15, 0.2) is 0 Å². The van der Waals surface area contributed by atoms with Gasteiger partial charge in [-0.1, -0.05) is 6.07 Å². The zero-order chi connectivity index (χ0) is 12.1. The Labute approximate surface area is 103 Å². The summed E-state index contributed by atoms with van der Waals surface area (Å²) in [6, 6.07) is 4.06. The molecule has 2 rings (SSSR count). The minimum atomic E-state index is -0.0881. The van der Waals surface area contributed by atoms with E-state index in [0.29, 0.717) is 0 Å². The number of nitrogens with zero attached hydrogens (tertiary/aromatic N) is 2. The van der Waals surface area contributed by atoms with Crippen molar-refractivity contribution in [1.29, 1.82) is 0 Å². The van der Waals surface area contributed by atoms with Crippen LogP contribution in [0.1, 0.15) is 18.4 Å². The van der Waals surface area contributed by atoms with Crippen LogP contribution >= 0.6 is 0 Å². The summed E-state index contributed by atoms with van der Waals surface area (Å²) >= 11 is 0. The molecule has 4 heteroatoms. The molecular weight excluding hydrogens is 214 g/mol. The van der Waals surface area contributed by atoms with Crippen molar-refractivity contribution in [2.45, 2.75) is 24.9 Å². The van der Waals surface area contributed by atoms with Gasteiger partial charge in [0.1, 0.15) is 0 Å². The van der Waals surface area contributed by atoms with Crippen LogP contribution in [0, 0.1) is 0 Å². The average Bonchev–Trinajstić information content (AvgIpc) is 2.30. The van der Waals surface area contributed by atoms with Crippen LogP contribution in [0.25, 0.3) is 0 Å². The molecule has 1 aromatic rings. The first-order valence-electron chi connectivity index (χ1n) is 6.12. The maximum Gasteiger partial charge on any atom is 0.0484 e. The Morgan fingerprint density at radius 1 is 1.47 bits per heavy atom. The van der Waals surface area contributed by atoms with Crippen molar-refractivity contribution in [3.8, 4) is 0 Å². The van der Waals surface area contributed by atoms with E-state index in [1.54, 1.807) is 6.20 Å². The lowest BCUT2D eigenvalue weighted by molar-refractivity contribution is 0.0402. The summed E-state index contributed by atoms with van der Waals surface area (Å²) in [7, 11) is 2.11. The highest BCUT2D eigenvalue weighted by molar-refractivity contribution is 5.08. The molecule has 0 radical (unpaired) electrons. The van der Waals surface area contributed by atoms with E-state index in [2.05, 4.69) is 23.0 Å². The first-order chi connectivity index (χ1) is 8.18. The van der Waals surface area contributed by atoms with Crippen molar-refractivity contribution >= 4 is 0 Å². The van der Waals surface area contributed by atoms with Crippen molar-refractivity contribution in [2.24, 2.45) is 5.73 Å². The van der Waals surface area contributed by atoms with E-state index in [4.69, 9.17) is 10.5 Å². The van der Waals surface area contributed by atoms with Crippen molar-refractivity contribution in [2.75, 3.05) is 26.8 Å². The van der Waals surface area contributed by atoms with E-state index in [0.717, 1.165) is 39.1 Å². The molecule has 2 N–H and O–H groups in total. The number of rotatable bonds is 4. The van der Waals surface area contributed by atoms with E-state index in [1.807, 2.05) is 12.3 Å². The fraction of sp³-hybridized carbons (Fsp3) is 0.615. The number of nitrogens with two attached hydrogens (primary N) is 1.